The second kappa shape index (κ2) is 3.79. The van der Waals surface area contributed by atoms with Crippen molar-refractivity contribution >= 4 is 44.4 Å². The van der Waals surface area contributed by atoms with Crippen molar-refractivity contribution in [2.75, 3.05) is 0 Å². The zero-order valence-electron chi connectivity index (χ0n) is 7.37. The van der Waals surface area contributed by atoms with Crippen molar-refractivity contribution in [2.45, 2.75) is 0 Å². The smallest absolute Gasteiger partial charge is 0.338 e. The first-order valence-electron chi connectivity index (χ1n) is 4.06. The highest BCUT2D eigenvalue weighted by atomic mass is 79.9. The van der Waals surface area contributed by atoms with E-state index in [2.05, 4.69) is 20.9 Å². The van der Waals surface area contributed by atoms with E-state index >= 15 is 0 Å². The highest BCUT2D eigenvalue weighted by Crippen LogP contribution is 2.27. The van der Waals surface area contributed by atoms with Crippen LogP contribution >= 0.6 is 27.5 Å². The number of halogens is 2. The lowest BCUT2D eigenvalue weighted by Crippen LogP contribution is -1.99. The second-order valence-corrected chi connectivity index (χ2v) is 4.18. The molecule has 0 spiro atoms. The molecule has 0 saturated heterocycles. The van der Waals surface area contributed by atoms with Gasteiger partial charge in [0.25, 0.3) is 0 Å². The fourth-order valence-electron chi connectivity index (χ4n) is 1.28. The maximum Gasteiger partial charge on any atom is 0.338 e. The number of fused-ring (bicyclic) bond motifs is 1. The van der Waals surface area contributed by atoms with Crippen molar-refractivity contribution in [3.63, 3.8) is 0 Å². The molecule has 0 bridgehead atoms. The third-order valence-corrected chi connectivity index (χ3v) is 3.09. The summed E-state index contributed by atoms with van der Waals surface area (Å²) in [7, 11) is 0. The summed E-state index contributed by atoms with van der Waals surface area (Å²) < 4.78 is 0.525. The molecule has 5 heteroatoms. The largest absolute Gasteiger partial charge is 0.478 e. The maximum atomic E-state index is 10.8. The Kier molecular flexibility index (Phi) is 2.63. The van der Waals surface area contributed by atoms with Gasteiger partial charge in [0.15, 0.2) is 0 Å². The van der Waals surface area contributed by atoms with Gasteiger partial charge in [-0.05, 0) is 28.1 Å². The molecular weight excluding hydrogens is 281 g/mol. The van der Waals surface area contributed by atoms with Crippen LogP contribution in [0.2, 0.25) is 5.02 Å². The minimum absolute atomic E-state index is 0.143. The molecule has 1 aromatic heterocycles. The Bertz CT molecular complexity index is 556. The quantitative estimate of drug-likeness (QED) is 0.874. The third kappa shape index (κ3) is 1.82. The van der Waals surface area contributed by atoms with Crippen molar-refractivity contribution in [2.24, 2.45) is 0 Å². The van der Waals surface area contributed by atoms with E-state index in [1.165, 1.54) is 6.20 Å². The van der Waals surface area contributed by atoms with Gasteiger partial charge in [-0.25, -0.2) is 4.79 Å². The summed E-state index contributed by atoms with van der Waals surface area (Å²) in [6.07, 6.45) is 1.31. The number of carboxylic acid groups (broad SMARTS) is 1. The van der Waals surface area contributed by atoms with Crippen molar-refractivity contribution in [1.29, 1.82) is 0 Å². The number of hydrogen-bond donors (Lipinski definition) is 1. The summed E-state index contributed by atoms with van der Waals surface area (Å²) in [6.45, 7) is 0. The predicted molar refractivity (Wildman–Crippen MR) is 61.4 cm³/mol. The second-order valence-electron chi connectivity index (χ2n) is 2.95. The van der Waals surface area contributed by atoms with Gasteiger partial charge in [-0.2, -0.15) is 0 Å². The summed E-state index contributed by atoms with van der Waals surface area (Å²) in [5.74, 6) is -1.01. The molecule has 0 fully saturated rings. The van der Waals surface area contributed by atoms with Gasteiger partial charge in [-0.3, -0.25) is 4.98 Å². The lowest BCUT2D eigenvalue weighted by Gasteiger charge is -2.03. The fourth-order valence-corrected chi connectivity index (χ4v) is 2.06. The van der Waals surface area contributed by atoms with Gasteiger partial charge in [-0.1, -0.05) is 17.7 Å². The van der Waals surface area contributed by atoms with Crippen LogP contribution in [0.5, 0.6) is 0 Å². The molecule has 0 atom stereocenters. The first-order chi connectivity index (χ1) is 7.09. The van der Waals surface area contributed by atoms with Crippen LogP contribution in [0, 0.1) is 0 Å². The van der Waals surface area contributed by atoms with E-state index in [-0.39, 0.29) is 5.56 Å². The number of aromatic carboxylic acids is 1. The first-order valence-corrected chi connectivity index (χ1v) is 5.24. The van der Waals surface area contributed by atoms with Crippen LogP contribution in [0.3, 0.4) is 0 Å². The van der Waals surface area contributed by atoms with Crippen molar-refractivity contribution in [1.82, 2.24) is 4.98 Å². The van der Waals surface area contributed by atoms with Gasteiger partial charge < -0.3 is 5.11 Å². The first kappa shape index (κ1) is 10.4. The monoisotopic (exact) mass is 285 g/mol. The molecule has 2 rings (SSSR count). The highest BCUT2D eigenvalue weighted by Gasteiger charge is 2.12. The SMILES string of the molecule is O=C(O)c1cnc2cc(Cl)ccc2c1Br. The molecule has 0 aliphatic carbocycles. The molecule has 1 N–H and O–H groups in total. The van der Waals surface area contributed by atoms with Crippen molar-refractivity contribution in [3.05, 3.63) is 39.5 Å². The average molecular weight is 287 g/mol. The van der Waals surface area contributed by atoms with E-state index in [0.717, 1.165) is 5.39 Å². The summed E-state index contributed by atoms with van der Waals surface area (Å²) >= 11 is 9.04. The summed E-state index contributed by atoms with van der Waals surface area (Å²) in [5.41, 5.74) is 0.809. The molecule has 1 aromatic carbocycles. The Morgan fingerprint density at radius 1 is 1.47 bits per heavy atom. The van der Waals surface area contributed by atoms with Gasteiger partial charge in [0, 0.05) is 21.1 Å². The summed E-state index contributed by atoms with van der Waals surface area (Å²) in [4.78, 5) is 14.9. The Labute approximate surface area is 98.8 Å². The van der Waals surface area contributed by atoms with Gasteiger partial charge in [0.05, 0.1) is 11.1 Å². The third-order valence-electron chi connectivity index (χ3n) is 2.00. The number of nitrogens with zero attached hydrogens (tertiary/aromatic N) is 1. The Morgan fingerprint density at radius 2 is 2.20 bits per heavy atom. The molecule has 76 valence electrons. The molecule has 15 heavy (non-hydrogen) atoms. The van der Waals surface area contributed by atoms with E-state index in [9.17, 15) is 4.79 Å². The van der Waals surface area contributed by atoms with Crippen LogP contribution in [-0.4, -0.2) is 16.1 Å². The molecule has 0 unspecified atom stereocenters. The van der Waals surface area contributed by atoms with Gasteiger partial charge in [0.1, 0.15) is 0 Å². The minimum atomic E-state index is -1.01. The molecule has 2 aromatic rings. The zero-order chi connectivity index (χ0) is 11.0. The van der Waals surface area contributed by atoms with Crippen LogP contribution in [0.4, 0.5) is 0 Å². The number of aromatic nitrogens is 1. The van der Waals surface area contributed by atoms with E-state index in [0.29, 0.717) is 15.0 Å². The van der Waals surface area contributed by atoms with Crippen LogP contribution in [0.25, 0.3) is 10.9 Å². The summed E-state index contributed by atoms with van der Waals surface area (Å²) in [5, 5.41) is 10.2. The van der Waals surface area contributed by atoms with E-state index < -0.39 is 5.97 Å². The van der Waals surface area contributed by atoms with Crippen LogP contribution < -0.4 is 0 Å². The Morgan fingerprint density at radius 3 is 2.87 bits per heavy atom. The number of pyridine rings is 1. The molecule has 0 aliphatic heterocycles. The number of benzene rings is 1. The van der Waals surface area contributed by atoms with E-state index in [1.54, 1.807) is 18.2 Å². The molecular formula is C10H5BrClNO2. The van der Waals surface area contributed by atoms with Crippen LogP contribution in [0.1, 0.15) is 10.4 Å². The number of rotatable bonds is 1. The molecule has 0 radical (unpaired) electrons. The minimum Gasteiger partial charge on any atom is -0.478 e. The number of carboxylic acids is 1. The molecule has 0 amide bonds. The molecule has 3 nitrogen and oxygen atoms in total. The van der Waals surface area contributed by atoms with E-state index in [1.807, 2.05) is 0 Å². The topological polar surface area (TPSA) is 50.2 Å². The zero-order valence-corrected chi connectivity index (χ0v) is 9.71. The van der Waals surface area contributed by atoms with Gasteiger partial charge in [0.2, 0.25) is 0 Å². The number of carbonyl (C=O) groups is 1. The van der Waals surface area contributed by atoms with Crippen molar-refractivity contribution < 1.29 is 9.90 Å². The maximum absolute atomic E-state index is 10.8. The highest BCUT2D eigenvalue weighted by molar-refractivity contribution is 9.10. The number of hydrogen-bond acceptors (Lipinski definition) is 2. The van der Waals surface area contributed by atoms with Crippen LogP contribution in [-0.2, 0) is 0 Å². The fraction of sp³-hybridized carbons (Fsp3) is 0. The molecule has 0 saturated carbocycles. The predicted octanol–water partition coefficient (Wildman–Crippen LogP) is 3.35. The lowest BCUT2D eigenvalue weighted by atomic mass is 10.1. The van der Waals surface area contributed by atoms with E-state index in [4.69, 9.17) is 16.7 Å². The Balaban J connectivity index is 2.80. The van der Waals surface area contributed by atoms with Crippen LogP contribution in [0.15, 0.2) is 28.9 Å². The van der Waals surface area contributed by atoms with Crippen molar-refractivity contribution in [3.8, 4) is 0 Å². The molecule has 0 aliphatic rings. The van der Waals surface area contributed by atoms with Gasteiger partial charge >= 0.3 is 5.97 Å². The Hall–Kier alpha value is -1.13. The summed E-state index contributed by atoms with van der Waals surface area (Å²) in [6, 6.07) is 5.12. The average Bonchev–Trinajstić information content (AvgIpc) is 2.17. The molecule has 1 heterocycles. The standard InChI is InChI=1S/C10H5BrClNO2/c11-9-6-2-1-5(12)3-8(6)13-4-7(9)10(14)15/h1-4H,(H,14,15). The lowest BCUT2D eigenvalue weighted by molar-refractivity contribution is 0.0695. The van der Waals surface area contributed by atoms with Gasteiger partial charge in [-0.15, -0.1) is 0 Å². The normalized spacial score (nSPS) is 10.5.